The number of ether oxygens (including phenoxy) is 1. The van der Waals surface area contributed by atoms with Crippen LogP contribution in [0.2, 0.25) is 0 Å². The third-order valence-electron chi connectivity index (χ3n) is 2.55. The van der Waals surface area contributed by atoms with E-state index in [0.717, 1.165) is 6.07 Å². The first-order valence-electron chi connectivity index (χ1n) is 6.40. The van der Waals surface area contributed by atoms with Crippen LogP contribution >= 0.6 is 0 Å². The minimum atomic E-state index is -0.801. The van der Waals surface area contributed by atoms with Gasteiger partial charge in [0.05, 0.1) is 0 Å². The fourth-order valence-corrected chi connectivity index (χ4v) is 1.56. The molecular formula is C15H20FNO3. The van der Waals surface area contributed by atoms with E-state index in [1.54, 1.807) is 27.7 Å². The van der Waals surface area contributed by atoms with E-state index in [0.29, 0.717) is 5.56 Å². The maximum Gasteiger partial charge on any atom is 0.328 e. The molecule has 1 aromatic rings. The van der Waals surface area contributed by atoms with Crippen LogP contribution in [-0.4, -0.2) is 23.5 Å². The van der Waals surface area contributed by atoms with Crippen molar-refractivity contribution in [3.8, 4) is 0 Å². The number of halogens is 1. The Kier molecular flexibility index (Phi) is 4.87. The van der Waals surface area contributed by atoms with Crippen molar-refractivity contribution >= 4 is 11.9 Å². The van der Waals surface area contributed by atoms with Gasteiger partial charge in [-0.1, -0.05) is 6.07 Å². The lowest BCUT2D eigenvalue weighted by atomic mass is 10.1. The second kappa shape index (κ2) is 6.03. The molecule has 110 valence electrons. The lowest BCUT2D eigenvalue weighted by Gasteiger charge is -2.22. The largest absolute Gasteiger partial charge is 0.458 e. The van der Waals surface area contributed by atoms with Crippen molar-refractivity contribution < 1.29 is 18.7 Å². The highest BCUT2D eigenvalue weighted by Crippen LogP contribution is 2.12. The van der Waals surface area contributed by atoms with Gasteiger partial charge in [0.15, 0.2) is 0 Å². The average molecular weight is 281 g/mol. The van der Waals surface area contributed by atoms with Crippen LogP contribution in [0.25, 0.3) is 0 Å². The van der Waals surface area contributed by atoms with Crippen LogP contribution in [0, 0.1) is 12.7 Å². The first-order chi connectivity index (χ1) is 9.10. The molecule has 4 nitrogen and oxygen atoms in total. The zero-order chi connectivity index (χ0) is 15.5. The Balaban J connectivity index is 2.75. The fourth-order valence-electron chi connectivity index (χ4n) is 1.56. The highest BCUT2D eigenvalue weighted by molar-refractivity contribution is 5.97. The number of benzene rings is 1. The molecule has 1 N–H and O–H groups in total. The van der Waals surface area contributed by atoms with E-state index in [9.17, 15) is 14.0 Å². The van der Waals surface area contributed by atoms with Crippen molar-refractivity contribution in [3.63, 3.8) is 0 Å². The zero-order valence-electron chi connectivity index (χ0n) is 12.4. The number of nitrogens with one attached hydrogen (secondary N) is 1. The molecule has 0 fully saturated rings. The lowest BCUT2D eigenvalue weighted by molar-refractivity contribution is -0.156. The Morgan fingerprint density at radius 3 is 2.45 bits per heavy atom. The summed E-state index contributed by atoms with van der Waals surface area (Å²) in [6.07, 6.45) is 0. The molecule has 0 aromatic heterocycles. The van der Waals surface area contributed by atoms with Crippen LogP contribution < -0.4 is 5.32 Å². The van der Waals surface area contributed by atoms with E-state index in [1.807, 2.05) is 0 Å². The molecule has 1 amide bonds. The summed E-state index contributed by atoms with van der Waals surface area (Å²) < 4.78 is 18.3. The fraction of sp³-hybridized carbons (Fsp3) is 0.467. The number of hydrogen-bond donors (Lipinski definition) is 1. The molecule has 20 heavy (non-hydrogen) atoms. The summed E-state index contributed by atoms with van der Waals surface area (Å²) in [4.78, 5) is 23.8. The van der Waals surface area contributed by atoms with Gasteiger partial charge in [0.25, 0.3) is 5.91 Å². The number of carbonyl (C=O) groups is 2. The molecule has 0 aliphatic carbocycles. The van der Waals surface area contributed by atoms with Gasteiger partial charge in [-0.05, 0) is 52.3 Å². The van der Waals surface area contributed by atoms with Gasteiger partial charge < -0.3 is 10.1 Å². The summed E-state index contributed by atoms with van der Waals surface area (Å²) in [6, 6.07) is 3.14. The second-order valence-electron chi connectivity index (χ2n) is 5.69. The molecule has 0 bridgehead atoms. The lowest BCUT2D eigenvalue weighted by Crippen LogP contribution is -2.42. The Hall–Kier alpha value is -1.91. The Labute approximate surface area is 118 Å². The van der Waals surface area contributed by atoms with E-state index in [-0.39, 0.29) is 5.56 Å². The zero-order valence-corrected chi connectivity index (χ0v) is 12.4. The first-order valence-corrected chi connectivity index (χ1v) is 6.40. The molecule has 0 saturated heterocycles. The molecule has 5 heteroatoms. The molecule has 1 aromatic carbocycles. The summed E-state index contributed by atoms with van der Waals surface area (Å²) in [7, 11) is 0. The van der Waals surface area contributed by atoms with Crippen molar-refractivity contribution in [2.45, 2.75) is 46.3 Å². The number of hydrogen-bond acceptors (Lipinski definition) is 3. The summed E-state index contributed by atoms with van der Waals surface area (Å²) in [6.45, 7) is 8.47. The smallest absolute Gasteiger partial charge is 0.328 e. The van der Waals surface area contributed by atoms with Crippen LogP contribution in [0.1, 0.15) is 43.6 Å². The van der Waals surface area contributed by atoms with Crippen LogP contribution in [0.4, 0.5) is 4.39 Å². The summed E-state index contributed by atoms with van der Waals surface area (Å²) >= 11 is 0. The second-order valence-corrected chi connectivity index (χ2v) is 5.69. The van der Waals surface area contributed by atoms with Gasteiger partial charge in [0.2, 0.25) is 0 Å². The number of rotatable bonds is 3. The van der Waals surface area contributed by atoms with Crippen molar-refractivity contribution in [2.24, 2.45) is 0 Å². The van der Waals surface area contributed by atoms with E-state index >= 15 is 0 Å². The molecule has 0 aliphatic heterocycles. The van der Waals surface area contributed by atoms with Gasteiger partial charge in [-0.15, -0.1) is 0 Å². The molecule has 1 rings (SSSR count). The van der Waals surface area contributed by atoms with Crippen molar-refractivity contribution in [3.05, 3.63) is 35.1 Å². The quantitative estimate of drug-likeness (QED) is 0.866. The predicted octanol–water partition coefficient (Wildman–Crippen LogP) is 2.59. The highest BCUT2D eigenvalue weighted by atomic mass is 19.1. The number of carbonyl (C=O) groups excluding carboxylic acids is 2. The third-order valence-corrected chi connectivity index (χ3v) is 2.55. The maximum atomic E-state index is 13.2. The monoisotopic (exact) mass is 281 g/mol. The third kappa shape index (κ3) is 4.64. The molecule has 1 atom stereocenters. The predicted molar refractivity (Wildman–Crippen MR) is 73.9 cm³/mol. The van der Waals surface area contributed by atoms with Crippen LogP contribution in [-0.2, 0) is 9.53 Å². The molecule has 0 spiro atoms. The summed E-state index contributed by atoms with van der Waals surface area (Å²) in [5.41, 5.74) is 0.228. The normalized spacial score (nSPS) is 12.7. The SMILES string of the molecule is Cc1ccc(F)cc1C(=O)N[C@@H](C)C(=O)OC(C)(C)C. The Morgan fingerprint density at radius 1 is 1.30 bits per heavy atom. The van der Waals surface area contributed by atoms with Crippen LogP contribution in [0.3, 0.4) is 0 Å². The van der Waals surface area contributed by atoms with E-state index in [1.165, 1.54) is 19.1 Å². The summed E-state index contributed by atoms with van der Waals surface area (Å²) in [5.74, 6) is -1.52. The number of esters is 1. The maximum absolute atomic E-state index is 13.2. The number of amides is 1. The van der Waals surface area contributed by atoms with Gasteiger partial charge >= 0.3 is 5.97 Å². The van der Waals surface area contributed by atoms with Crippen molar-refractivity contribution in [1.29, 1.82) is 0 Å². The topological polar surface area (TPSA) is 55.4 Å². The van der Waals surface area contributed by atoms with Crippen LogP contribution in [0.15, 0.2) is 18.2 Å². The van der Waals surface area contributed by atoms with E-state index < -0.39 is 29.3 Å². The van der Waals surface area contributed by atoms with Crippen LogP contribution in [0.5, 0.6) is 0 Å². The van der Waals surface area contributed by atoms with E-state index in [2.05, 4.69) is 5.32 Å². The van der Waals surface area contributed by atoms with E-state index in [4.69, 9.17) is 4.74 Å². The van der Waals surface area contributed by atoms with Crippen molar-refractivity contribution in [1.82, 2.24) is 5.32 Å². The standard InChI is InChI=1S/C15H20FNO3/c1-9-6-7-11(16)8-12(9)13(18)17-10(2)14(19)20-15(3,4)5/h6-8,10H,1-5H3,(H,17,18)/t10-/m0/s1. The van der Waals surface area contributed by atoms with Gasteiger partial charge in [0, 0.05) is 5.56 Å². The minimum Gasteiger partial charge on any atom is -0.458 e. The molecule has 0 unspecified atom stereocenters. The Morgan fingerprint density at radius 2 is 1.90 bits per heavy atom. The number of aryl methyl sites for hydroxylation is 1. The van der Waals surface area contributed by atoms with Gasteiger partial charge in [-0.2, -0.15) is 0 Å². The van der Waals surface area contributed by atoms with Gasteiger partial charge in [-0.25, -0.2) is 9.18 Å². The minimum absolute atomic E-state index is 0.209. The molecule has 0 saturated carbocycles. The Bertz CT molecular complexity index is 520. The van der Waals surface area contributed by atoms with Gasteiger partial charge in [0.1, 0.15) is 17.5 Å². The summed E-state index contributed by atoms with van der Waals surface area (Å²) in [5, 5.41) is 2.51. The van der Waals surface area contributed by atoms with Crippen molar-refractivity contribution in [2.75, 3.05) is 0 Å². The first kappa shape index (κ1) is 16.1. The molecular weight excluding hydrogens is 261 g/mol. The highest BCUT2D eigenvalue weighted by Gasteiger charge is 2.23. The molecule has 0 heterocycles. The average Bonchev–Trinajstić information content (AvgIpc) is 2.29. The molecule has 0 aliphatic rings. The molecule has 0 radical (unpaired) electrons. The van der Waals surface area contributed by atoms with Gasteiger partial charge in [-0.3, -0.25) is 4.79 Å².